The molecule has 0 saturated carbocycles. The van der Waals surface area contributed by atoms with Gasteiger partial charge in [-0.2, -0.15) is 13.2 Å². The molecule has 0 aliphatic carbocycles. The second-order valence-electron chi connectivity index (χ2n) is 6.23. The molecule has 3 heterocycles. The maximum Gasteiger partial charge on any atom is 0.422 e. The van der Waals surface area contributed by atoms with Crippen LogP contribution in [0.5, 0.6) is 5.75 Å². The van der Waals surface area contributed by atoms with E-state index in [0.29, 0.717) is 13.1 Å². The fraction of sp³-hybridized carbons (Fsp3) is 0.625. The lowest BCUT2D eigenvalue weighted by atomic mass is 10.2. The highest BCUT2D eigenvalue weighted by atomic mass is 19.4. The van der Waals surface area contributed by atoms with E-state index >= 15 is 0 Å². The minimum absolute atomic E-state index is 0.0623. The topological polar surface area (TPSA) is 57.7 Å². The number of hydrogen-bond acceptors (Lipinski definition) is 5. The summed E-state index contributed by atoms with van der Waals surface area (Å²) in [7, 11) is 0. The number of nitrogens with zero attached hydrogens (tertiary/aromatic N) is 3. The molecule has 0 spiro atoms. The number of ether oxygens (including phenoxy) is 1. The standard InChI is InChI=1S/C16H21F3N4O2/c17-16(18,19)11-25-13-2-1-4-21-14(13)15(24)23-7-3-12(10-23)22-8-5-20-6-9-22/h1-2,4,12,20H,3,5-11H2. The number of hydrogen-bond donors (Lipinski definition) is 1. The molecule has 2 aliphatic heterocycles. The third kappa shape index (κ3) is 4.60. The Balaban J connectivity index is 1.65. The number of piperazine rings is 1. The van der Waals surface area contributed by atoms with E-state index in [-0.39, 0.29) is 23.4 Å². The molecule has 1 N–H and O–H groups in total. The van der Waals surface area contributed by atoms with E-state index in [2.05, 4.69) is 15.2 Å². The Morgan fingerprint density at radius 3 is 2.80 bits per heavy atom. The Morgan fingerprint density at radius 1 is 1.32 bits per heavy atom. The minimum Gasteiger partial charge on any atom is -0.482 e. The molecule has 2 fully saturated rings. The van der Waals surface area contributed by atoms with Gasteiger partial charge in [0.1, 0.15) is 0 Å². The van der Waals surface area contributed by atoms with Gasteiger partial charge in [0.25, 0.3) is 5.91 Å². The molecule has 25 heavy (non-hydrogen) atoms. The summed E-state index contributed by atoms with van der Waals surface area (Å²) >= 11 is 0. The lowest BCUT2D eigenvalue weighted by molar-refractivity contribution is -0.153. The van der Waals surface area contributed by atoms with Crippen LogP contribution >= 0.6 is 0 Å². The van der Waals surface area contributed by atoms with Crippen molar-refractivity contribution in [3.63, 3.8) is 0 Å². The number of halogens is 3. The van der Waals surface area contributed by atoms with Crippen LogP contribution in [0, 0.1) is 0 Å². The van der Waals surface area contributed by atoms with Gasteiger partial charge in [-0.15, -0.1) is 0 Å². The van der Waals surface area contributed by atoms with Gasteiger partial charge in [-0.3, -0.25) is 9.69 Å². The van der Waals surface area contributed by atoms with Gasteiger partial charge in [0.05, 0.1) is 0 Å². The first-order valence-electron chi connectivity index (χ1n) is 8.32. The van der Waals surface area contributed by atoms with E-state index in [1.54, 1.807) is 4.90 Å². The van der Waals surface area contributed by atoms with Crippen LogP contribution in [-0.2, 0) is 0 Å². The summed E-state index contributed by atoms with van der Waals surface area (Å²) in [6.07, 6.45) is -2.22. The van der Waals surface area contributed by atoms with E-state index in [9.17, 15) is 18.0 Å². The Hall–Kier alpha value is -1.87. The average Bonchev–Trinajstić information content (AvgIpc) is 3.10. The van der Waals surface area contributed by atoms with Crippen molar-refractivity contribution in [1.82, 2.24) is 20.1 Å². The average molecular weight is 358 g/mol. The van der Waals surface area contributed by atoms with Gasteiger partial charge < -0.3 is 15.0 Å². The quantitative estimate of drug-likeness (QED) is 0.875. The van der Waals surface area contributed by atoms with Gasteiger partial charge in [-0.05, 0) is 18.6 Å². The predicted molar refractivity (Wildman–Crippen MR) is 84.5 cm³/mol. The van der Waals surface area contributed by atoms with Crippen LogP contribution in [0.15, 0.2) is 18.3 Å². The Bertz CT molecular complexity index is 605. The zero-order valence-electron chi connectivity index (χ0n) is 13.8. The van der Waals surface area contributed by atoms with Crippen molar-refractivity contribution in [2.24, 2.45) is 0 Å². The molecule has 1 atom stereocenters. The third-order valence-corrected chi connectivity index (χ3v) is 4.48. The summed E-state index contributed by atoms with van der Waals surface area (Å²) in [6.45, 7) is 3.44. The molecular formula is C16H21F3N4O2. The molecule has 9 heteroatoms. The van der Waals surface area contributed by atoms with Crippen LogP contribution in [0.1, 0.15) is 16.9 Å². The first-order valence-corrected chi connectivity index (χ1v) is 8.32. The molecule has 3 rings (SSSR count). The second kappa shape index (κ2) is 7.57. The minimum atomic E-state index is -4.46. The highest BCUT2D eigenvalue weighted by Gasteiger charge is 2.34. The number of carbonyl (C=O) groups excluding carboxylic acids is 1. The monoisotopic (exact) mass is 358 g/mol. The number of rotatable bonds is 4. The maximum atomic E-state index is 12.7. The normalized spacial score (nSPS) is 22.2. The van der Waals surface area contributed by atoms with Crippen molar-refractivity contribution < 1.29 is 22.7 Å². The molecule has 1 aromatic rings. The molecule has 0 bridgehead atoms. The Labute approximate surface area is 143 Å². The largest absolute Gasteiger partial charge is 0.482 e. The summed E-state index contributed by atoms with van der Waals surface area (Å²) in [5, 5.41) is 3.29. The van der Waals surface area contributed by atoms with Crippen LogP contribution in [0.2, 0.25) is 0 Å². The van der Waals surface area contributed by atoms with E-state index < -0.39 is 12.8 Å². The highest BCUT2D eigenvalue weighted by molar-refractivity contribution is 5.95. The van der Waals surface area contributed by atoms with Crippen LogP contribution in [0.4, 0.5) is 13.2 Å². The van der Waals surface area contributed by atoms with Gasteiger partial charge in [0, 0.05) is 51.5 Å². The summed E-state index contributed by atoms with van der Waals surface area (Å²) in [5.41, 5.74) is -0.0623. The van der Waals surface area contributed by atoms with Crippen LogP contribution in [-0.4, -0.2) is 78.8 Å². The highest BCUT2D eigenvalue weighted by Crippen LogP contribution is 2.24. The molecule has 2 aliphatic rings. The summed E-state index contributed by atoms with van der Waals surface area (Å²) in [5.74, 6) is -0.508. The zero-order chi connectivity index (χ0) is 17.9. The van der Waals surface area contributed by atoms with Gasteiger partial charge >= 0.3 is 6.18 Å². The summed E-state index contributed by atoms with van der Waals surface area (Å²) in [4.78, 5) is 20.6. The van der Waals surface area contributed by atoms with Crippen molar-refractivity contribution in [3.8, 4) is 5.75 Å². The van der Waals surface area contributed by atoms with E-state index in [1.807, 2.05) is 0 Å². The van der Waals surface area contributed by atoms with Crippen molar-refractivity contribution >= 4 is 5.91 Å². The molecule has 1 amide bonds. The smallest absolute Gasteiger partial charge is 0.422 e. The van der Waals surface area contributed by atoms with Gasteiger partial charge in [0.15, 0.2) is 18.1 Å². The molecule has 1 aromatic heterocycles. The Kier molecular flexibility index (Phi) is 5.43. The lowest BCUT2D eigenvalue weighted by Crippen LogP contribution is -2.49. The van der Waals surface area contributed by atoms with Crippen molar-refractivity contribution in [2.45, 2.75) is 18.6 Å². The number of nitrogens with one attached hydrogen (secondary N) is 1. The van der Waals surface area contributed by atoms with Gasteiger partial charge in [-0.1, -0.05) is 0 Å². The van der Waals surface area contributed by atoms with Gasteiger partial charge in [-0.25, -0.2) is 4.98 Å². The van der Waals surface area contributed by atoms with Crippen molar-refractivity contribution in [3.05, 3.63) is 24.0 Å². The van der Waals surface area contributed by atoms with E-state index in [1.165, 1.54) is 18.3 Å². The zero-order valence-corrected chi connectivity index (χ0v) is 13.8. The molecule has 138 valence electrons. The number of amides is 1. The fourth-order valence-electron chi connectivity index (χ4n) is 3.25. The molecule has 1 unspecified atom stereocenters. The van der Waals surface area contributed by atoms with E-state index in [4.69, 9.17) is 4.74 Å². The number of carbonyl (C=O) groups is 1. The molecule has 2 saturated heterocycles. The third-order valence-electron chi connectivity index (χ3n) is 4.48. The number of pyridine rings is 1. The van der Waals surface area contributed by atoms with Crippen LogP contribution < -0.4 is 10.1 Å². The van der Waals surface area contributed by atoms with Gasteiger partial charge in [0.2, 0.25) is 0 Å². The Morgan fingerprint density at radius 2 is 2.08 bits per heavy atom. The second-order valence-corrected chi connectivity index (χ2v) is 6.23. The molecule has 6 nitrogen and oxygen atoms in total. The first-order chi connectivity index (χ1) is 11.9. The molecule has 0 aromatic carbocycles. The maximum absolute atomic E-state index is 12.7. The van der Waals surface area contributed by atoms with Crippen molar-refractivity contribution in [2.75, 3.05) is 45.9 Å². The van der Waals surface area contributed by atoms with Crippen LogP contribution in [0.25, 0.3) is 0 Å². The molecule has 0 radical (unpaired) electrons. The summed E-state index contributed by atoms with van der Waals surface area (Å²) in [6, 6.07) is 3.08. The number of aromatic nitrogens is 1. The SMILES string of the molecule is O=C(c1ncccc1OCC(F)(F)F)N1CCC(N2CCNCC2)C1. The predicted octanol–water partition coefficient (Wildman–Crippen LogP) is 1.14. The first kappa shape index (κ1) is 17.9. The lowest BCUT2D eigenvalue weighted by Gasteiger charge is -2.32. The van der Waals surface area contributed by atoms with Crippen molar-refractivity contribution in [1.29, 1.82) is 0 Å². The number of alkyl halides is 3. The fourth-order valence-corrected chi connectivity index (χ4v) is 3.25. The number of likely N-dealkylation sites (tertiary alicyclic amines) is 1. The molecular weight excluding hydrogens is 337 g/mol. The summed E-state index contributed by atoms with van der Waals surface area (Å²) < 4.78 is 41.9. The van der Waals surface area contributed by atoms with E-state index in [0.717, 1.165) is 32.6 Å². The van der Waals surface area contributed by atoms with Crippen LogP contribution in [0.3, 0.4) is 0 Å².